The molecule has 2 atom stereocenters. The van der Waals surface area contributed by atoms with Gasteiger partial charge in [-0.05, 0) is 47.3 Å². The molecule has 0 bridgehead atoms. The number of urea groups is 1. The van der Waals surface area contributed by atoms with Crippen LogP contribution in [0.4, 0.5) is 4.79 Å². The molecule has 120 valence electrons. The van der Waals surface area contributed by atoms with Gasteiger partial charge in [0, 0.05) is 6.04 Å². The number of nitrogens with two attached hydrogens (primary N) is 1. The number of hydrogen-bond donors (Lipinski definition) is 2. The lowest BCUT2D eigenvalue weighted by Crippen LogP contribution is -2.44. The third kappa shape index (κ3) is 3.43. The van der Waals surface area contributed by atoms with Gasteiger partial charge < -0.3 is 5.73 Å². The molecule has 6 heteroatoms. The molecule has 1 aromatic carbocycles. The fourth-order valence-corrected chi connectivity index (χ4v) is 3.95. The second-order valence-electron chi connectivity index (χ2n) is 5.62. The summed E-state index contributed by atoms with van der Waals surface area (Å²) in [5.41, 5.74) is 7.24. The average Bonchev–Trinajstić information content (AvgIpc) is 3.18. The summed E-state index contributed by atoms with van der Waals surface area (Å²) in [6.45, 7) is 0.812. The van der Waals surface area contributed by atoms with Crippen molar-refractivity contribution >= 4 is 23.3 Å². The zero-order valence-electron chi connectivity index (χ0n) is 12.6. The van der Waals surface area contributed by atoms with Crippen LogP contribution in [0, 0.1) is 0 Å². The number of hydrogen-bond acceptors (Lipinski definition) is 4. The summed E-state index contributed by atoms with van der Waals surface area (Å²) in [5.74, 6) is -0.370. The summed E-state index contributed by atoms with van der Waals surface area (Å²) in [5, 5.41) is 6.42. The standard InChI is InChI=1S/C17H19N3O2S/c18-17(22)19-16(21)15(12-5-2-1-3-6-12)20-9-4-7-14(20)13-8-10-23-11-13/h1-3,5-6,8,10-11,14-15H,4,7,9H2,(H3,18,19,21,22)/t14-,15-/m0/s1. The lowest BCUT2D eigenvalue weighted by atomic mass is 10.0. The van der Waals surface area contributed by atoms with E-state index in [0.29, 0.717) is 0 Å². The molecule has 1 aromatic heterocycles. The Bertz CT molecular complexity index is 672. The van der Waals surface area contributed by atoms with Gasteiger partial charge in [-0.15, -0.1) is 0 Å². The lowest BCUT2D eigenvalue weighted by molar-refractivity contribution is -0.126. The van der Waals surface area contributed by atoms with E-state index in [9.17, 15) is 9.59 Å². The van der Waals surface area contributed by atoms with Gasteiger partial charge in [-0.25, -0.2) is 4.79 Å². The molecule has 2 aromatic rings. The maximum absolute atomic E-state index is 12.6. The van der Waals surface area contributed by atoms with Crippen molar-refractivity contribution in [2.45, 2.75) is 24.9 Å². The Morgan fingerprint density at radius 3 is 2.70 bits per heavy atom. The van der Waals surface area contributed by atoms with Gasteiger partial charge in [0.15, 0.2) is 0 Å². The molecule has 1 fully saturated rings. The minimum Gasteiger partial charge on any atom is -0.351 e. The maximum atomic E-state index is 12.6. The van der Waals surface area contributed by atoms with Gasteiger partial charge in [-0.2, -0.15) is 11.3 Å². The Morgan fingerprint density at radius 1 is 1.26 bits per heavy atom. The van der Waals surface area contributed by atoms with Crippen molar-refractivity contribution < 1.29 is 9.59 Å². The number of likely N-dealkylation sites (tertiary alicyclic amines) is 1. The topological polar surface area (TPSA) is 75.4 Å². The lowest BCUT2D eigenvalue weighted by Gasteiger charge is -2.32. The highest BCUT2D eigenvalue weighted by atomic mass is 32.1. The van der Waals surface area contributed by atoms with E-state index in [1.807, 2.05) is 35.7 Å². The summed E-state index contributed by atoms with van der Waals surface area (Å²) >= 11 is 1.65. The number of primary amides is 1. The summed E-state index contributed by atoms with van der Waals surface area (Å²) in [6, 6.07) is 10.5. The molecule has 1 aliphatic rings. The summed E-state index contributed by atoms with van der Waals surface area (Å²) in [6.07, 6.45) is 2.03. The van der Waals surface area contributed by atoms with Gasteiger partial charge in [0.2, 0.25) is 5.91 Å². The molecule has 0 unspecified atom stereocenters. The maximum Gasteiger partial charge on any atom is 0.318 e. The monoisotopic (exact) mass is 329 g/mol. The van der Waals surface area contributed by atoms with Crippen molar-refractivity contribution in [3.8, 4) is 0 Å². The van der Waals surface area contributed by atoms with Crippen LogP contribution < -0.4 is 11.1 Å². The van der Waals surface area contributed by atoms with Crippen LogP contribution in [-0.2, 0) is 4.79 Å². The van der Waals surface area contributed by atoms with E-state index in [2.05, 4.69) is 21.7 Å². The summed E-state index contributed by atoms with van der Waals surface area (Å²) in [4.78, 5) is 25.9. The van der Waals surface area contributed by atoms with Gasteiger partial charge in [0.25, 0.3) is 0 Å². The molecule has 1 saturated heterocycles. The number of imide groups is 1. The second-order valence-corrected chi connectivity index (χ2v) is 6.40. The van der Waals surface area contributed by atoms with E-state index >= 15 is 0 Å². The molecule has 23 heavy (non-hydrogen) atoms. The Morgan fingerprint density at radius 2 is 2.04 bits per heavy atom. The zero-order chi connectivity index (χ0) is 16.2. The number of amides is 3. The number of benzene rings is 1. The Balaban J connectivity index is 1.94. The minimum absolute atomic E-state index is 0.185. The fourth-order valence-electron chi connectivity index (χ4n) is 3.24. The van der Waals surface area contributed by atoms with Gasteiger partial charge >= 0.3 is 6.03 Å². The highest BCUT2D eigenvalue weighted by Crippen LogP contribution is 2.39. The van der Waals surface area contributed by atoms with E-state index in [1.54, 1.807) is 11.3 Å². The molecule has 3 N–H and O–H groups in total. The molecule has 1 aliphatic heterocycles. The molecule has 3 amide bonds. The highest BCUT2D eigenvalue weighted by molar-refractivity contribution is 7.07. The number of carbonyl (C=O) groups is 2. The van der Waals surface area contributed by atoms with E-state index < -0.39 is 12.1 Å². The van der Waals surface area contributed by atoms with Crippen molar-refractivity contribution in [3.63, 3.8) is 0 Å². The molecular weight excluding hydrogens is 310 g/mol. The molecule has 0 saturated carbocycles. The first-order valence-electron chi connectivity index (χ1n) is 7.60. The van der Waals surface area contributed by atoms with E-state index in [4.69, 9.17) is 5.73 Å². The largest absolute Gasteiger partial charge is 0.351 e. The Hall–Kier alpha value is -2.18. The van der Waals surface area contributed by atoms with Crippen molar-refractivity contribution in [3.05, 3.63) is 58.3 Å². The van der Waals surface area contributed by atoms with Crippen molar-refractivity contribution in [1.29, 1.82) is 0 Å². The number of rotatable bonds is 4. The molecule has 5 nitrogen and oxygen atoms in total. The van der Waals surface area contributed by atoms with Gasteiger partial charge in [-0.3, -0.25) is 15.0 Å². The van der Waals surface area contributed by atoms with E-state index in [-0.39, 0.29) is 11.9 Å². The van der Waals surface area contributed by atoms with Crippen LogP contribution >= 0.6 is 11.3 Å². The van der Waals surface area contributed by atoms with Crippen LogP contribution in [0.5, 0.6) is 0 Å². The van der Waals surface area contributed by atoms with Crippen LogP contribution in [0.1, 0.15) is 36.1 Å². The quantitative estimate of drug-likeness (QED) is 0.905. The number of thiophene rings is 1. The predicted octanol–water partition coefficient (Wildman–Crippen LogP) is 2.82. The Labute approximate surface area is 139 Å². The first-order valence-corrected chi connectivity index (χ1v) is 8.54. The van der Waals surface area contributed by atoms with Crippen LogP contribution in [0.2, 0.25) is 0 Å². The Kier molecular flexibility index (Phi) is 4.73. The second kappa shape index (κ2) is 6.93. The van der Waals surface area contributed by atoms with E-state index in [0.717, 1.165) is 24.9 Å². The first-order chi connectivity index (χ1) is 11.2. The minimum atomic E-state index is -0.817. The first kappa shape index (κ1) is 15.7. The van der Waals surface area contributed by atoms with Crippen LogP contribution in [0.15, 0.2) is 47.2 Å². The van der Waals surface area contributed by atoms with Crippen LogP contribution in [-0.4, -0.2) is 23.4 Å². The smallest absolute Gasteiger partial charge is 0.318 e. The van der Waals surface area contributed by atoms with Gasteiger partial charge in [-0.1, -0.05) is 30.3 Å². The van der Waals surface area contributed by atoms with Crippen LogP contribution in [0.3, 0.4) is 0 Å². The van der Waals surface area contributed by atoms with Gasteiger partial charge in [0.1, 0.15) is 6.04 Å². The fraction of sp³-hybridized carbons (Fsp3) is 0.294. The zero-order valence-corrected chi connectivity index (χ0v) is 13.5. The van der Waals surface area contributed by atoms with E-state index in [1.165, 1.54) is 5.56 Å². The molecular formula is C17H19N3O2S. The molecule has 0 spiro atoms. The highest BCUT2D eigenvalue weighted by Gasteiger charge is 2.37. The SMILES string of the molecule is NC(=O)NC(=O)[C@H](c1ccccc1)N1CCC[C@H]1c1ccsc1. The normalized spacial score (nSPS) is 19.4. The van der Waals surface area contributed by atoms with Crippen LogP contribution in [0.25, 0.3) is 0 Å². The summed E-state index contributed by atoms with van der Waals surface area (Å²) < 4.78 is 0. The number of nitrogens with one attached hydrogen (secondary N) is 1. The third-order valence-electron chi connectivity index (χ3n) is 4.16. The number of nitrogens with zero attached hydrogens (tertiary/aromatic N) is 1. The predicted molar refractivity (Wildman–Crippen MR) is 89.9 cm³/mol. The molecule has 3 rings (SSSR count). The molecule has 0 aliphatic carbocycles. The average molecular weight is 329 g/mol. The molecule has 0 radical (unpaired) electrons. The molecule has 2 heterocycles. The number of carbonyl (C=O) groups excluding carboxylic acids is 2. The van der Waals surface area contributed by atoms with Crippen molar-refractivity contribution in [2.24, 2.45) is 5.73 Å². The van der Waals surface area contributed by atoms with Gasteiger partial charge in [0.05, 0.1) is 0 Å². The summed E-state index contributed by atoms with van der Waals surface area (Å²) in [7, 11) is 0. The third-order valence-corrected chi connectivity index (χ3v) is 4.87. The van der Waals surface area contributed by atoms with Crippen molar-refractivity contribution in [1.82, 2.24) is 10.2 Å². The van der Waals surface area contributed by atoms with Crippen molar-refractivity contribution in [2.75, 3.05) is 6.54 Å².